The van der Waals surface area contributed by atoms with Gasteiger partial charge in [-0.25, -0.2) is 4.98 Å². The number of benzene rings is 4. The Bertz CT molecular complexity index is 1920. The first-order chi connectivity index (χ1) is 16.8. The lowest BCUT2D eigenvalue weighted by Crippen LogP contribution is -1.97. The van der Waals surface area contributed by atoms with E-state index in [1.165, 1.54) is 5.39 Å². The van der Waals surface area contributed by atoms with Crippen molar-refractivity contribution in [3.05, 3.63) is 109 Å². The van der Waals surface area contributed by atoms with Gasteiger partial charge in [-0.15, -0.1) is 0 Å². The van der Waals surface area contributed by atoms with Crippen LogP contribution in [0.4, 0.5) is 0 Å². The molecule has 0 aliphatic rings. The van der Waals surface area contributed by atoms with Crippen molar-refractivity contribution in [2.75, 3.05) is 0 Å². The van der Waals surface area contributed by atoms with Gasteiger partial charge in [0.1, 0.15) is 17.3 Å². The number of nitriles is 1. The minimum atomic E-state index is 0.405. The molecule has 0 saturated heterocycles. The topological polar surface area (TPSA) is 54.8 Å². The van der Waals surface area contributed by atoms with Crippen molar-refractivity contribution in [3.63, 3.8) is 0 Å². The Morgan fingerprint density at radius 1 is 0.706 bits per heavy atom. The first-order valence-electron chi connectivity index (χ1n) is 11.1. The van der Waals surface area contributed by atoms with Crippen molar-refractivity contribution in [3.8, 4) is 22.9 Å². The molecule has 0 spiro atoms. The highest BCUT2D eigenvalue weighted by molar-refractivity contribution is 6.21. The molecule has 0 unspecified atom stereocenters. The fourth-order valence-corrected chi connectivity index (χ4v) is 5.01. The second-order valence-corrected chi connectivity index (χ2v) is 8.35. The summed E-state index contributed by atoms with van der Waals surface area (Å²) < 4.78 is 8.76. The van der Waals surface area contributed by atoms with E-state index < -0.39 is 0 Å². The first kappa shape index (κ1) is 18.7. The van der Waals surface area contributed by atoms with Gasteiger partial charge in [-0.05, 0) is 36.4 Å². The molecule has 3 heterocycles. The summed E-state index contributed by atoms with van der Waals surface area (Å²) in [5.74, 6) is 0. The molecule has 0 aliphatic heterocycles. The van der Waals surface area contributed by atoms with E-state index in [1.54, 1.807) is 12.3 Å². The van der Waals surface area contributed by atoms with Gasteiger partial charge in [-0.3, -0.25) is 0 Å². The third kappa shape index (κ3) is 2.55. The number of pyridine rings is 1. The summed E-state index contributed by atoms with van der Waals surface area (Å²) in [7, 11) is 0. The van der Waals surface area contributed by atoms with Crippen molar-refractivity contribution in [2.45, 2.75) is 0 Å². The first-order valence-corrected chi connectivity index (χ1v) is 11.1. The van der Waals surface area contributed by atoms with Crippen LogP contribution >= 0.6 is 0 Å². The molecular formula is C30H17N3O. The predicted molar refractivity (Wildman–Crippen MR) is 136 cm³/mol. The van der Waals surface area contributed by atoms with Crippen LogP contribution in [0.25, 0.3) is 60.6 Å². The van der Waals surface area contributed by atoms with Crippen LogP contribution in [0.2, 0.25) is 0 Å². The van der Waals surface area contributed by atoms with Gasteiger partial charge in [0, 0.05) is 38.9 Å². The SMILES string of the molecule is N#Cc1ccc(-c2ccccc2-n2c3ccccc3c3ccc4c5ccccc5oc4c32)cn1. The van der Waals surface area contributed by atoms with Crippen LogP contribution < -0.4 is 0 Å². The van der Waals surface area contributed by atoms with Crippen molar-refractivity contribution in [2.24, 2.45) is 0 Å². The Morgan fingerprint density at radius 3 is 2.32 bits per heavy atom. The van der Waals surface area contributed by atoms with E-state index in [2.05, 4.69) is 76.3 Å². The lowest BCUT2D eigenvalue weighted by atomic mass is 10.0. The maximum absolute atomic E-state index is 9.17. The van der Waals surface area contributed by atoms with Gasteiger partial charge >= 0.3 is 0 Å². The summed E-state index contributed by atoms with van der Waals surface area (Å²) in [5.41, 5.74) is 7.35. The zero-order valence-electron chi connectivity index (χ0n) is 18.1. The molecule has 4 nitrogen and oxygen atoms in total. The molecule has 7 aromatic rings. The van der Waals surface area contributed by atoms with E-state index >= 15 is 0 Å². The summed E-state index contributed by atoms with van der Waals surface area (Å²) >= 11 is 0. The molecule has 4 aromatic carbocycles. The smallest absolute Gasteiger partial charge is 0.160 e. The average molecular weight is 435 g/mol. The van der Waals surface area contributed by atoms with E-state index in [0.29, 0.717) is 5.69 Å². The third-order valence-electron chi connectivity index (χ3n) is 6.51. The number of rotatable bonds is 2. The molecule has 4 heteroatoms. The summed E-state index contributed by atoms with van der Waals surface area (Å²) in [5, 5.41) is 13.7. The fourth-order valence-electron chi connectivity index (χ4n) is 5.01. The molecule has 0 N–H and O–H groups in total. The van der Waals surface area contributed by atoms with Gasteiger partial charge in [0.15, 0.2) is 5.58 Å². The predicted octanol–water partition coefficient (Wildman–Crippen LogP) is 7.62. The Labute approximate surface area is 194 Å². The zero-order valence-corrected chi connectivity index (χ0v) is 18.1. The van der Waals surface area contributed by atoms with Gasteiger partial charge in [0.2, 0.25) is 0 Å². The molecule has 0 amide bonds. The Balaban J connectivity index is 1.65. The van der Waals surface area contributed by atoms with Crippen LogP contribution in [-0.2, 0) is 0 Å². The van der Waals surface area contributed by atoms with Crippen LogP contribution in [0, 0.1) is 11.3 Å². The number of hydrogen-bond donors (Lipinski definition) is 0. The molecule has 0 radical (unpaired) electrons. The van der Waals surface area contributed by atoms with E-state index in [9.17, 15) is 5.26 Å². The lowest BCUT2D eigenvalue weighted by molar-refractivity contribution is 0.671. The highest BCUT2D eigenvalue weighted by Crippen LogP contribution is 2.41. The van der Waals surface area contributed by atoms with E-state index in [-0.39, 0.29) is 0 Å². The Hall–Kier alpha value is -4.88. The monoisotopic (exact) mass is 435 g/mol. The number of nitrogens with zero attached hydrogens (tertiary/aromatic N) is 3. The summed E-state index contributed by atoms with van der Waals surface area (Å²) in [6, 6.07) is 35.1. The number of para-hydroxylation sites is 3. The Morgan fingerprint density at radius 2 is 1.47 bits per heavy atom. The highest BCUT2D eigenvalue weighted by atomic mass is 16.3. The third-order valence-corrected chi connectivity index (χ3v) is 6.51. The second-order valence-electron chi connectivity index (χ2n) is 8.35. The van der Waals surface area contributed by atoms with Crippen LogP contribution in [0.1, 0.15) is 5.69 Å². The second kappa shape index (κ2) is 7.06. The maximum atomic E-state index is 9.17. The largest absolute Gasteiger partial charge is 0.454 e. The van der Waals surface area contributed by atoms with Crippen LogP contribution in [-0.4, -0.2) is 9.55 Å². The minimum absolute atomic E-state index is 0.405. The standard InChI is InChI=1S/C30H17N3O/c31-17-20-14-13-19(18-32-20)21-7-1-4-10-26(21)33-27-11-5-2-8-22(27)24-15-16-25-23-9-3-6-12-28(23)34-30(25)29(24)33/h1-16,18H. The van der Waals surface area contributed by atoms with E-state index in [0.717, 1.165) is 55.2 Å². The summed E-state index contributed by atoms with van der Waals surface area (Å²) in [4.78, 5) is 4.31. The van der Waals surface area contributed by atoms with Crippen LogP contribution in [0.3, 0.4) is 0 Å². The van der Waals surface area contributed by atoms with Crippen molar-refractivity contribution in [1.82, 2.24) is 9.55 Å². The fraction of sp³-hybridized carbons (Fsp3) is 0. The number of aromatic nitrogens is 2. The molecule has 158 valence electrons. The highest BCUT2D eigenvalue weighted by Gasteiger charge is 2.20. The molecule has 7 rings (SSSR count). The number of hydrogen-bond acceptors (Lipinski definition) is 3. The number of fused-ring (bicyclic) bond motifs is 7. The minimum Gasteiger partial charge on any atom is -0.454 e. The molecule has 0 aliphatic carbocycles. The number of furan rings is 1. The zero-order chi connectivity index (χ0) is 22.6. The molecule has 3 aromatic heterocycles. The van der Waals surface area contributed by atoms with Gasteiger partial charge < -0.3 is 8.98 Å². The van der Waals surface area contributed by atoms with Gasteiger partial charge in [-0.2, -0.15) is 5.26 Å². The van der Waals surface area contributed by atoms with Gasteiger partial charge in [0.05, 0.1) is 16.7 Å². The van der Waals surface area contributed by atoms with Gasteiger partial charge in [0.25, 0.3) is 0 Å². The maximum Gasteiger partial charge on any atom is 0.160 e. The van der Waals surface area contributed by atoms with Crippen LogP contribution in [0.15, 0.2) is 108 Å². The molecule has 0 atom stereocenters. The molecule has 34 heavy (non-hydrogen) atoms. The summed E-state index contributed by atoms with van der Waals surface area (Å²) in [6.07, 6.45) is 1.77. The Kier molecular flexibility index (Phi) is 3.88. The van der Waals surface area contributed by atoms with E-state index in [4.69, 9.17) is 4.42 Å². The molecule has 0 bridgehead atoms. The molecule has 0 fully saturated rings. The summed E-state index contributed by atoms with van der Waals surface area (Å²) in [6.45, 7) is 0. The lowest BCUT2D eigenvalue weighted by Gasteiger charge is -2.14. The van der Waals surface area contributed by atoms with Crippen molar-refractivity contribution >= 4 is 43.7 Å². The molecular weight excluding hydrogens is 418 g/mol. The molecule has 0 saturated carbocycles. The van der Waals surface area contributed by atoms with Crippen molar-refractivity contribution in [1.29, 1.82) is 5.26 Å². The van der Waals surface area contributed by atoms with Crippen LogP contribution in [0.5, 0.6) is 0 Å². The van der Waals surface area contributed by atoms with Gasteiger partial charge in [-0.1, -0.05) is 60.7 Å². The average Bonchev–Trinajstić information content (AvgIpc) is 3.45. The quantitative estimate of drug-likeness (QED) is 0.281. The van der Waals surface area contributed by atoms with Crippen molar-refractivity contribution < 1.29 is 4.42 Å². The normalized spacial score (nSPS) is 11.5. The van der Waals surface area contributed by atoms with E-state index in [1.807, 2.05) is 30.3 Å².